The molecule has 7 nitrogen and oxygen atoms in total. The van der Waals surface area contributed by atoms with Crippen LogP contribution in [-0.2, 0) is 21.8 Å². The van der Waals surface area contributed by atoms with Gasteiger partial charge in [-0.15, -0.1) is 10.2 Å². The van der Waals surface area contributed by atoms with E-state index in [0.717, 1.165) is 11.3 Å². The first-order valence-electron chi connectivity index (χ1n) is 9.31. The van der Waals surface area contributed by atoms with Gasteiger partial charge in [0.1, 0.15) is 12.4 Å². The number of rotatable bonds is 10. The second kappa shape index (κ2) is 10.9. The summed E-state index contributed by atoms with van der Waals surface area (Å²) < 4.78 is 25.4. The molecular formula is C21H23FN4O3S. The lowest BCUT2D eigenvalue weighted by molar-refractivity contribution is 0.0936. The Morgan fingerprint density at radius 1 is 1.10 bits per heavy atom. The number of hydrogen-bond acceptors (Lipinski definition) is 6. The molecule has 0 saturated carbocycles. The van der Waals surface area contributed by atoms with E-state index in [4.69, 9.17) is 9.47 Å². The zero-order chi connectivity index (χ0) is 21.3. The van der Waals surface area contributed by atoms with Gasteiger partial charge in [0.2, 0.25) is 0 Å². The lowest BCUT2D eigenvalue weighted by atomic mass is 10.1. The van der Waals surface area contributed by atoms with E-state index in [0.29, 0.717) is 35.4 Å². The first-order chi connectivity index (χ1) is 14.6. The minimum Gasteiger partial charge on any atom is -0.383 e. The molecule has 0 unspecified atom stereocenters. The topological polar surface area (TPSA) is 78.3 Å². The summed E-state index contributed by atoms with van der Waals surface area (Å²) in [5.74, 6) is 0.656. The van der Waals surface area contributed by atoms with Gasteiger partial charge in [0.25, 0.3) is 5.91 Å². The molecule has 3 aromatic rings. The zero-order valence-corrected chi connectivity index (χ0v) is 17.6. The van der Waals surface area contributed by atoms with Crippen molar-refractivity contribution >= 4 is 17.7 Å². The van der Waals surface area contributed by atoms with Crippen LogP contribution in [0.4, 0.5) is 4.39 Å². The van der Waals surface area contributed by atoms with Crippen molar-refractivity contribution in [2.45, 2.75) is 17.5 Å². The Balaban J connectivity index is 1.81. The minimum atomic E-state index is -0.317. The van der Waals surface area contributed by atoms with E-state index >= 15 is 0 Å². The third-order valence-corrected chi connectivity index (χ3v) is 5.25. The van der Waals surface area contributed by atoms with Crippen LogP contribution in [0.25, 0.3) is 5.69 Å². The first kappa shape index (κ1) is 21.9. The molecule has 0 atom stereocenters. The molecule has 0 aliphatic heterocycles. The average Bonchev–Trinajstić information content (AvgIpc) is 3.16. The third-order valence-electron chi connectivity index (χ3n) is 4.27. The highest BCUT2D eigenvalue weighted by Crippen LogP contribution is 2.27. The summed E-state index contributed by atoms with van der Waals surface area (Å²) in [4.78, 5) is 12.5. The molecular weight excluding hydrogens is 407 g/mol. The molecule has 0 aliphatic carbocycles. The number of halogens is 1. The molecule has 3 rings (SSSR count). The number of thioether (sulfide) groups is 1. The average molecular weight is 431 g/mol. The van der Waals surface area contributed by atoms with Crippen molar-refractivity contribution in [3.8, 4) is 5.69 Å². The summed E-state index contributed by atoms with van der Waals surface area (Å²) in [5, 5.41) is 11.9. The van der Waals surface area contributed by atoms with Gasteiger partial charge in [0, 0.05) is 37.8 Å². The van der Waals surface area contributed by atoms with Gasteiger partial charge in [0.05, 0.1) is 6.61 Å². The molecule has 1 amide bonds. The maximum Gasteiger partial charge on any atom is 0.251 e. The van der Waals surface area contributed by atoms with Gasteiger partial charge in [-0.3, -0.25) is 9.36 Å². The first-order valence-corrected chi connectivity index (χ1v) is 10.3. The maximum atomic E-state index is 13.4. The SMILES string of the molecule is COCCNC(=O)c1ccccc1CSc1nnc(COC)n1-c1ccc(F)cc1. The molecule has 0 saturated heterocycles. The fraction of sp³-hybridized carbons (Fsp3) is 0.286. The van der Waals surface area contributed by atoms with Crippen LogP contribution in [-0.4, -0.2) is 48.0 Å². The number of ether oxygens (including phenoxy) is 2. The second-order valence-electron chi connectivity index (χ2n) is 6.34. The van der Waals surface area contributed by atoms with Gasteiger partial charge in [-0.1, -0.05) is 30.0 Å². The summed E-state index contributed by atoms with van der Waals surface area (Å²) in [6.07, 6.45) is 0. The highest BCUT2D eigenvalue weighted by atomic mass is 32.2. The molecule has 158 valence electrons. The highest BCUT2D eigenvalue weighted by Gasteiger charge is 2.16. The van der Waals surface area contributed by atoms with E-state index in [9.17, 15) is 9.18 Å². The number of carbonyl (C=O) groups excluding carboxylic acids is 1. The molecule has 1 aromatic heterocycles. The summed E-state index contributed by atoms with van der Waals surface area (Å²) in [7, 11) is 3.17. The molecule has 0 bridgehead atoms. The Morgan fingerprint density at radius 2 is 1.87 bits per heavy atom. The van der Waals surface area contributed by atoms with Crippen molar-refractivity contribution in [2.24, 2.45) is 0 Å². The molecule has 9 heteroatoms. The number of hydrogen-bond donors (Lipinski definition) is 1. The number of nitrogens with zero attached hydrogens (tertiary/aromatic N) is 3. The van der Waals surface area contributed by atoms with Gasteiger partial charge in [-0.25, -0.2) is 4.39 Å². The van der Waals surface area contributed by atoms with E-state index in [1.165, 1.54) is 23.9 Å². The van der Waals surface area contributed by atoms with Gasteiger partial charge >= 0.3 is 0 Å². The van der Waals surface area contributed by atoms with Crippen LogP contribution in [0.5, 0.6) is 0 Å². The monoisotopic (exact) mass is 430 g/mol. The Hall–Kier alpha value is -2.75. The second-order valence-corrected chi connectivity index (χ2v) is 7.28. The van der Waals surface area contributed by atoms with Crippen LogP contribution in [0.3, 0.4) is 0 Å². The molecule has 30 heavy (non-hydrogen) atoms. The maximum absolute atomic E-state index is 13.4. The van der Waals surface area contributed by atoms with Crippen molar-refractivity contribution in [3.63, 3.8) is 0 Å². The van der Waals surface area contributed by atoms with Gasteiger partial charge in [-0.05, 0) is 35.9 Å². The molecule has 0 fully saturated rings. The number of aromatic nitrogens is 3. The van der Waals surface area contributed by atoms with E-state index in [2.05, 4.69) is 15.5 Å². The predicted molar refractivity (Wildman–Crippen MR) is 112 cm³/mol. The number of carbonyl (C=O) groups is 1. The van der Waals surface area contributed by atoms with Crippen molar-refractivity contribution in [1.82, 2.24) is 20.1 Å². The van der Waals surface area contributed by atoms with Gasteiger partial charge in [-0.2, -0.15) is 0 Å². The Morgan fingerprint density at radius 3 is 2.60 bits per heavy atom. The van der Waals surface area contributed by atoms with E-state index < -0.39 is 0 Å². The Labute approximate surface area is 178 Å². The molecule has 1 N–H and O–H groups in total. The third kappa shape index (κ3) is 5.44. The van der Waals surface area contributed by atoms with Crippen LogP contribution >= 0.6 is 11.8 Å². The number of nitrogens with one attached hydrogen (secondary N) is 1. The lowest BCUT2D eigenvalue weighted by Crippen LogP contribution is -2.27. The van der Waals surface area contributed by atoms with Gasteiger partial charge < -0.3 is 14.8 Å². The summed E-state index contributed by atoms with van der Waals surface area (Å²) in [5.41, 5.74) is 2.21. The molecule has 0 spiro atoms. The van der Waals surface area contributed by atoms with Gasteiger partial charge in [0.15, 0.2) is 11.0 Å². The Kier molecular flexibility index (Phi) is 7.95. The summed E-state index contributed by atoms with van der Waals surface area (Å²) >= 11 is 1.44. The van der Waals surface area contributed by atoms with E-state index in [1.54, 1.807) is 32.4 Å². The van der Waals surface area contributed by atoms with Crippen molar-refractivity contribution < 1.29 is 18.7 Å². The van der Waals surface area contributed by atoms with Crippen molar-refractivity contribution in [2.75, 3.05) is 27.4 Å². The smallest absolute Gasteiger partial charge is 0.251 e. The van der Waals surface area contributed by atoms with Crippen LogP contribution in [0, 0.1) is 5.82 Å². The van der Waals surface area contributed by atoms with Crippen LogP contribution in [0.15, 0.2) is 53.7 Å². The quantitative estimate of drug-likeness (QED) is 0.393. The van der Waals surface area contributed by atoms with E-state index in [1.807, 2.05) is 22.8 Å². The lowest BCUT2D eigenvalue weighted by Gasteiger charge is -2.12. The number of benzene rings is 2. The minimum absolute atomic E-state index is 0.150. The fourth-order valence-corrected chi connectivity index (χ4v) is 3.81. The highest BCUT2D eigenvalue weighted by molar-refractivity contribution is 7.98. The Bertz CT molecular complexity index is 979. The molecule has 2 aromatic carbocycles. The standard InChI is InChI=1S/C21H23FN4O3S/c1-28-12-11-23-20(27)18-6-4-3-5-15(18)14-30-21-25-24-19(13-29-2)26(21)17-9-7-16(22)8-10-17/h3-10H,11-14H2,1-2H3,(H,23,27). The number of methoxy groups -OCH3 is 2. The molecule has 0 radical (unpaired) electrons. The zero-order valence-electron chi connectivity index (χ0n) is 16.8. The summed E-state index contributed by atoms with van der Waals surface area (Å²) in [6, 6.07) is 13.5. The molecule has 1 heterocycles. The van der Waals surface area contributed by atoms with Crippen LogP contribution < -0.4 is 5.32 Å². The predicted octanol–water partition coefficient (Wildman–Crippen LogP) is 3.22. The summed E-state index contributed by atoms with van der Waals surface area (Å²) in [6.45, 7) is 1.16. The van der Waals surface area contributed by atoms with Crippen molar-refractivity contribution in [1.29, 1.82) is 0 Å². The largest absolute Gasteiger partial charge is 0.383 e. The van der Waals surface area contributed by atoms with Crippen molar-refractivity contribution in [3.05, 3.63) is 71.3 Å². The van der Waals surface area contributed by atoms with E-state index in [-0.39, 0.29) is 18.3 Å². The van der Waals surface area contributed by atoms with Crippen LogP contribution in [0.2, 0.25) is 0 Å². The normalized spacial score (nSPS) is 10.9. The van der Waals surface area contributed by atoms with Crippen LogP contribution in [0.1, 0.15) is 21.7 Å². The molecule has 0 aliphatic rings. The fourth-order valence-electron chi connectivity index (χ4n) is 2.84. The number of amides is 1.